The summed E-state index contributed by atoms with van der Waals surface area (Å²) in [5.41, 5.74) is 3.36. The highest BCUT2D eigenvalue weighted by Gasteiger charge is 2.36. The van der Waals surface area contributed by atoms with Crippen molar-refractivity contribution in [2.45, 2.75) is 25.7 Å². The number of amides is 2. The van der Waals surface area contributed by atoms with Crippen molar-refractivity contribution in [1.29, 1.82) is 0 Å². The Morgan fingerprint density at radius 1 is 1.16 bits per heavy atom. The summed E-state index contributed by atoms with van der Waals surface area (Å²) in [6, 6.07) is 14.6. The zero-order valence-electron chi connectivity index (χ0n) is 17.1. The van der Waals surface area contributed by atoms with Crippen molar-refractivity contribution in [1.82, 2.24) is 29.3 Å². The molecule has 2 amide bonds. The Kier molecular flexibility index (Phi) is 4.74. The fraction of sp³-hybridized carbons (Fsp3) is 0.217. The largest absolute Gasteiger partial charge is 0.347 e. The number of carbonyl (C=O) groups excluding carboxylic acids is 2. The van der Waals surface area contributed by atoms with E-state index in [1.54, 1.807) is 23.4 Å². The molecule has 1 N–H and O–H groups in total. The molecule has 0 bridgehead atoms. The summed E-state index contributed by atoms with van der Waals surface area (Å²) in [6.07, 6.45) is 5.24. The van der Waals surface area contributed by atoms with Crippen molar-refractivity contribution in [2.24, 2.45) is 7.05 Å². The highest BCUT2D eigenvalue weighted by molar-refractivity contribution is 5.97. The van der Waals surface area contributed by atoms with Gasteiger partial charge in [0.25, 0.3) is 5.91 Å². The molecule has 0 spiro atoms. The number of benzene rings is 1. The van der Waals surface area contributed by atoms with Gasteiger partial charge in [-0.3, -0.25) is 14.6 Å². The van der Waals surface area contributed by atoms with Crippen molar-refractivity contribution < 1.29 is 9.59 Å². The number of aryl methyl sites for hydroxylation is 1. The number of nitrogens with zero attached hydrogens (tertiary/aromatic N) is 5. The van der Waals surface area contributed by atoms with E-state index >= 15 is 0 Å². The van der Waals surface area contributed by atoms with Gasteiger partial charge in [0.05, 0.1) is 24.1 Å². The number of pyridine rings is 1. The topological polar surface area (TPSA) is 85.0 Å². The molecule has 4 heterocycles. The van der Waals surface area contributed by atoms with E-state index in [4.69, 9.17) is 0 Å². The molecule has 8 nitrogen and oxygen atoms in total. The molecular formula is C23H22N6O2. The van der Waals surface area contributed by atoms with Gasteiger partial charge in [0, 0.05) is 32.2 Å². The molecule has 1 atom stereocenters. The van der Waals surface area contributed by atoms with Crippen LogP contribution in [0.15, 0.2) is 67.1 Å². The van der Waals surface area contributed by atoms with Gasteiger partial charge in [-0.05, 0) is 35.9 Å². The summed E-state index contributed by atoms with van der Waals surface area (Å²) in [6.45, 7) is 1.01. The van der Waals surface area contributed by atoms with Crippen molar-refractivity contribution in [2.75, 3.05) is 0 Å². The van der Waals surface area contributed by atoms with Crippen LogP contribution in [0.2, 0.25) is 0 Å². The van der Waals surface area contributed by atoms with Crippen molar-refractivity contribution in [3.8, 4) is 0 Å². The van der Waals surface area contributed by atoms with Crippen LogP contribution < -0.4 is 5.32 Å². The van der Waals surface area contributed by atoms with E-state index in [-0.39, 0.29) is 18.4 Å². The molecule has 1 aromatic carbocycles. The summed E-state index contributed by atoms with van der Waals surface area (Å²) in [5.74, 6) is 0.392. The lowest BCUT2D eigenvalue weighted by Gasteiger charge is -2.35. The molecule has 1 unspecified atom stereocenters. The van der Waals surface area contributed by atoms with E-state index < -0.39 is 6.04 Å². The van der Waals surface area contributed by atoms with Crippen LogP contribution in [0.1, 0.15) is 21.9 Å². The summed E-state index contributed by atoms with van der Waals surface area (Å²) in [7, 11) is 1.93. The molecule has 156 valence electrons. The summed E-state index contributed by atoms with van der Waals surface area (Å²) >= 11 is 0. The number of fused-ring (bicyclic) bond motifs is 2. The molecule has 8 heteroatoms. The van der Waals surface area contributed by atoms with Gasteiger partial charge in [0.1, 0.15) is 17.6 Å². The molecule has 0 saturated carbocycles. The average molecular weight is 414 g/mol. The second-order valence-corrected chi connectivity index (χ2v) is 7.65. The number of hydrogen-bond donors (Lipinski definition) is 1. The highest BCUT2D eigenvalue weighted by Crippen LogP contribution is 2.21. The zero-order valence-corrected chi connectivity index (χ0v) is 17.1. The number of rotatable bonds is 5. The van der Waals surface area contributed by atoms with Gasteiger partial charge < -0.3 is 19.4 Å². The number of carbonyl (C=O) groups is 2. The van der Waals surface area contributed by atoms with Crippen LogP contribution in [-0.2, 0) is 31.5 Å². The lowest BCUT2D eigenvalue weighted by molar-refractivity contribution is -0.127. The first-order valence-corrected chi connectivity index (χ1v) is 10.1. The third-order valence-electron chi connectivity index (χ3n) is 5.73. The van der Waals surface area contributed by atoms with Gasteiger partial charge in [-0.1, -0.05) is 18.2 Å². The van der Waals surface area contributed by atoms with Crippen LogP contribution >= 0.6 is 0 Å². The predicted molar refractivity (Wildman–Crippen MR) is 115 cm³/mol. The summed E-state index contributed by atoms with van der Waals surface area (Å²) in [5, 5.41) is 2.98. The molecule has 5 rings (SSSR count). The summed E-state index contributed by atoms with van der Waals surface area (Å²) in [4.78, 5) is 36.7. The van der Waals surface area contributed by atoms with Crippen LogP contribution in [0.5, 0.6) is 0 Å². The SMILES string of the molecule is Cn1c(CNC(=O)C2Cn3cccc3C(=O)N2Cc2cccnc2)nc2ccccc21. The second kappa shape index (κ2) is 7.71. The predicted octanol–water partition coefficient (Wildman–Crippen LogP) is 2.11. The van der Waals surface area contributed by atoms with Crippen molar-refractivity contribution >= 4 is 22.8 Å². The fourth-order valence-electron chi connectivity index (χ4n) is 4.07. The maximum Gasteiger partial charge on any atom is 0.271 e. The maximum absolute atomic E-state index is 13.2. The number of imidazole rings is 1. The lowest BCUT2D eigenvalue weighted by Crippen LogP contribution is -2.54. The van der Waals surface area contributed by atoms with E-state index in [1.807, 2.05) is 64.8 Å². The normalized spacial score (nSPS) is 15.8. The third kappa shape index (κ3) is 3.46. The monoisotopic (exact) mass is 414 g/mol. The average Bonchev–Trinajstić information content (AvgIpc) is 3.39. The molecule has 4 aromatic rings. The molecule has 1 aliphatic heterocycles. The van der Waals surface area contributed by atoms with E-state index in [0.29, 0.717) is 18.8 Å². The third-order valence-corrected chi connectivity index (χ3v) is 5.73. The van der Waals surface area contributed by atoms with E-state index in [9.17, 15) is 9.59 Å². The van der Waals surface area contributed by atoms with Gasteiger partial charge in [-0.2, -0.15) is 0 Å². The van der Waals surface area contributed by atoms with Crippen molar-refractivity contribution in [3.05, 3.63) is 84.2 Å². The van der Waals surface area contributed by atoms with Gasteiger partial charge in [-0.15, -0.1) is 0 Å². The van der Waals surface area contributed by atoms with Crippen LogP contribution in [0, 0.1) is 0 Å². The van der Waals surface area contributed by atoms with Gasteiger partial charge in [0.2, 0.25) is 5.91 Å². The Morgan fingerprint density at radius 2 is 2.03 bits per heavy atom. The van der Waals surface area contributed by atoms with E-state index in [2.05, 4.69) is 15.3 Å². The Labute approximate surface area is 179 Å². The highest BCUT2D eigenvalue weighted by atomic mass is 16.2. The first-order valence-electron chi connectivity index (χ1n) is 10.1. The fourth-order valence-corrected chi connectivity index (χ4v) is 4.07. The number of para-hydroxylation sites is 2. The molecule has 3 aromatic heterocycles. The van der Waals surface area contributed by atoms with Gasteiger partial charge >= 0.3 is 0 Å². The number of aromatic nitrogens is 4. The van der Waals surface area contributed by atoms with Crippen LogP contribution in [0.3, 0.4) is 0 Å². The van der Waals surface area contributed by atoms with Crippen LogP contribution in [-0.4, -0.2) is 41.9 Å². The first kappa shape index (κ1) is 19.0. The lowest BCUT2D eigenvalue weighted by atomic mass is 10.1. The minimum atomic E-state index is -0.623. The minimum Gasteiger partial charge on any atom is -0.347 e. The molecule has 0 saturated heterocycles. The molecular weight excluding hydrogens is 392 g/mol. The minimum absolute atomic E-state index is 0.164. The Morgan fingerprint density at radius 3 is 2.84 bits per heavy atom. The first-order chi connectivity index (χ1) is 15.1. The Balaban J connectivity index is 1.38. The smallest absolute Gasteiger partial charge is 0.271 e. The molecule has 31 heavy (non-hydrogen) atoms. The summed E-state index contributed by atoms with van der Waals surface area (Å²) < 4.78 is 3.81. The van der Waals surface area contributed by atoms with Crippen LogP contribution in [0.25, 0.3) is 11.0 Å². The Hall–Kier alpha value is -3.94. The Bertz CT molecular complexity index is 1260. The van der Waals surface area contributed by atoms with Gasteiger partial charge in [0.15, 0.2) is 0 Å². The van der Waals surface area contributed by atoms with Crippen LogP contribution in [0.4, 0.5) is 0 Å². The van der Waals surface area contributed by atoms with E-state index in [0.717, 1.165) is 22.4 Å². The maximum atomic E-state index is 13.2. The van der Waals surface area contributed by atoms with E-state index in [1.165, 1.54) is 0 Å². The second-order valence-electron chi connectivity index (χ2n) is 7.65. The molecule has 0 aliphatic carbocycles. The van der Waals surface area contributed by atoms with Gasteiger partial charge in [-0.25, -0.2) is 4.98 Å². The molecule has 0 radical (unpaired) electrons. The zero-order chi connectivity index (χ0) is 21.4. The number of nitrogens with one attached hydrogen (secondary N) is 1. The molecule has 0 fully saturated rings. The standard InChI is InChI=1S/C23H22N6O2/c1-27-18-8-3-2-7-17(18)26-21(27)13-25-22(30)20-15-28-11-5-9-19(28)23(31)29(20)14-16-6-4-10-24-12-16/h2-12,20H,13-15H2,1H3,(H,25,30). The number of hydrogen-bond acceptors (Lipinski definition) is 4. The molecule has 1 aliphatic rings. The van der Waals surface area contributed by atoms with Crippen molar-refractivity contribution in [3.63, 3.8) is 0 Å². The quantitative estimate of drug-likeness (QED) is 0.542.